The molecule has 1 heterocycles. The number of aromatic nitrogens is 2. The maximum Gasteiger partial charge on any atom is 0.237 e. The number of carbonyl (C=O) groups is 1. The van der Waals surface area contributed by atoms with Crippen molar-refractivity contribution in [2.45, 2.75) is 36.8 Å². The molecule has 20 heavy (non-hydrogen) atoms. The van der Waals surface area contributed by atoms with Crippen LogP contribution in [-0.2, 0) is 10.5 Å². The van der Waals surface area contributed by atoms with Crippen molar-refractivity contribution in [2.75, 3.05) is 0 Å². The van der Waals surface area contributed by atoms with Crippen LogP contribution in [0.5, 0.6) is 0 Å². The van der Waals surface area contributed by atoms with Crippen molar-refractivity contribution in [3.63, 3.8) is 0 Å². The summed E-state index contributed by atoms with van der Waals surface area (Å²) in [6.07, 6.45) is 0.633. The summed E-state index contributed by atoms with van der Waals surface area (Å²) in [5.41, 5.74) is 0. The molecule has 1 aromatic carbocycles. The molecule has 1 atom stereocenters. The molecular weight excluding hydrogens is 279 g/mol. The van der Waals surface area contributed by atoms with Crippen LogP contribution in [0.15, 0.2) is 33.7 Å². The number of Topliss-reactive ketones (excluding diaryl/α,β-unsaturated/α-hetero) is 1. The lowest BCUT2D eigenvalue weighted by Gasteiger charge is -2.03. The van der Waals surface area contributed by atoms with Crippen molar-refractivity contribution in [1.29, 1.82) is 0 Å². The van der Waals surface area contributed by atoms with Gasteiger partial charge in [0.2, 0.25) is 5.89 Å². The summed E-state index contributed by atoms with van der Waals surface area (Å²) in [5.74, 6) is 0.743. The third-order valence-electron chi connectivity index (χ3n) is 2.84. The quantitative estimate of drug-likeness (QED) is 0.762. The topological polar surface area (TPSA) is 56.0 Å². The van der Waals surface area contributed by atoms with Gasteiger partial charge >= 0.3 is 0 Å². The summed E-state index contributed by atoms with van der Waals surface area (Å²) < 4.78 is 18.2. The Morgan fingerprint density at radius 1 is 1.50 bits per heavy atom. The van der Waals surface area contributed by atoms with Gasteiger partial charge in [-0.2, -0.15) is 4.98 Å². The van der Waals surface area contributed by atoms with Crippen molar-refractivity contribution in [1.82, 2.24) is 10.1 Å². The highest BCUT2D eigenvalue weighted by Crippen LogP contribution is 2.24. The van der Waals surface area contributed by atoms with Crippen LogP contribution < -0.4 is 0 Å². The molecule has 0 aliphatic carbocycles. The third kappa shape index (κ3) is 3.66. The van der Waals surface area contributed by atoms with E-state index in [0.717, 1.165) is 4.90 Å². The molecule has 106 valence electrons. The number of halogens is 1. The Morgan fingerprint density at radius 3 is 2.95 bits per heavy atom. The average molecular weight is 294 g/mol. The molecular formula is C14H15FN2O2S. The van der Waals surface area contributed by atoms with Crippen molar-refractivity contribution < 1.29 is 13.7 Å². The first-order valence-electron chi connectivity index (χ1n) is 6.31. The number of benzene rings is 1. The van der Waals surface area contributed by atoms with Crippen molar-refractivity contribution in [2.24, 2.45) is 0 Å². The van der Waals surface area contributed by atoms with Crippen LogP contribution in [0.25, 0.3) is 0 Å². The highest BCUT2D eigenvalue weighted by molar-refractivity contribution is 7.98. The normalized spacial score (nSPS) is 12.3. The van der Waals surface area contributed by atoms with E-state index in [1.165, 1.54) is 30.8 Å². The number of carbonyl (C=O) groups excluding carboxylic acids is 1. The standard InChI is InChI=1S/C14H15FN2O2S/c1-3-12(9(2)18)14-16-13(17-19-14)8-20-11-6-4-5-10(15)7-11/h4-7,12H,3,8H2,1-2H3. The summed E-state index contributed by atoms with van der Waals surface area (Å²) in [5, 5.41) is 3.85. The molecule has 0 radical (unpaired) electrons. The molecule has 2 rings (SSSR count). The van der Waals surface area contributed by atoms with Gasteiger partial charge in [-0.05, 0) is 31.5 Å². The molecule has 0 spiro atoms. The van der Waals surface area contributed by atoms with Gasteiger partial charge in [0.15, 0.2) is 5.82 Å². The fourth-order valence-corrected chi connectivity index (χ4v) is 2.59. The van der Waals surface area contributed by atoms with Crippen LogP contribution in [-0.4, -0.2) is 15.9 Å². The van der Waals surface area contributed by atoms with E-state index in [4.69, 9.17) is 4.52 Å². The van der Waals surface area contributed by atoms with E-state index in [1.54, 1.807) is 6.07 Å². The molecule has 2 aromatic rings. The Kier molecular flexibility index (Phi) is 4.89. The van der Waals surface area contributed by atoms with Gasteiger partial charge in [0.1, 0.15) is 11.6 Å². The molecule has 1 aromatic heterocycles. The van der Waals surface area contributed by atoms with Crippen molar-refractivity contribution >= 4 is 17.5 Å². The van der Waals surface area contributed by atoms with Gasteiger partial charge in [0.05, 0.1) is 11.7 Å². The van der Waals surface area contributed by atoms with E-state index in [9.17, 15) is 9.18 Å². The largest absolute Gasteiger partial charge is 0.339 e. The van der Waals surface area contributed by atoms with Crippen LogP contribution in [0.3, 0.4) is 0 Å². The van der Waals surface area contributed by atoms with Gasteiger partial charge in [0, 0.05) is 4.90 Å². The van der Waals surface area contributed by atoms with Crippen LogP contribution in [0.2, 0.25) is 0 Å². The number of hydrogen-bond donors (Lipinski definition) is 0. The predicted octanol–water partition coefficient (Wildman–Crippen LogP) is 3.58. The minimum Gasteiger partial charge on any atom is -0.339 e. The number of nitrogens with zero attached hydrogens (tertiary/aromatic N) is 2. The lowest BCUT2D eigenvalue weighted by Crippen LogP contribution is -2.07. The van der Waals surface area contributed by atoms with Crippen LogP contribution in [0.4, 0.5) is 4.39 Å². The summed E-state index contributed by atoms with van der Waals surface area (Å²) in [4.78, 5) is 16.5. The van der Waals surface area contributed by atoms with Crippen LogP contribution >= 0.6 is 11.8 Å². The van der Waals surface area contributed by atoms with Gasteiger partial charge < -0.3 is 4.52 Å². The van der Waals surface area contributed by atoms with Crippen LogP contribution in [0, 0.1) is 5.82 Å². The highest BCUT2D eigenvalue weighted by Gasteiger charge is 2.21. The maximum absolute atomic E-state index is 13.0. The molecule has 0 N–H and O–H groups in total. The molecule has 0 saturated carbocycles. The van der Waals surface area contributed by atoms with E-state index < -0.39 is 0 Å². The second kappa shape index (κ2) is 6.65. The summed E-state index contributed by atoms with van der Waals surface area (Å²) in [7, 11) is 0. The van der Waals surface area contributed by atoms with E-state index >= 15 is 0 Å². The first-order chi connectivity index (χ1) is 9.60. The predicted molar refractivity (Wildman–Crippen MR) is 74.0 cm³/mol. The number of hydrogen-bond acceptors (Lipinski definition) is 5. The summed E-state index contributed by atoms with van der Waals surface area (Å²) in [6, 6.07) is 6.33. The fourth-order valence-electron chi connectivity index (χ4n) is 1.81. The smallest absolute Gasteiger partial charge is 0.237 e. The molecule has 0 aliphatic rings. The summed E-state index contributed by atoms with van der Waals surface area (Å²) in [6.45, 7) is 3.41. The zero-order chi connectivity index (χ0) is 14.5. The minimum absolute atomic E-state index is 0.0143. The zero-order valence-corrected chi connectivity index (χ0v) is 12.1. The van der Waals surface area contributed by atoms with Gasteiger partial charge in [-0.3, -0.25) is 4.79 Å². The molecule has 0 saturated heterocycles. The number of thioether (sulfide) groups is 1. The SMILES string of the molecule is CCC(C(C)=O)c1nc(CSc2cccc(F)c2)no1. The molecule has 0 bridgehead atoms. The Labute approximate surface area is 120 Å². The Balaban J connectivity index is 2.01. The molecule has 4 nitrogen and oxygen atoms in total. The van der Waals surface area contributed by atoms with Gasteiger partial charge in [0.25, 0.3) is 0 Å². The molecule has 1 unspecified atom stereocenters. The van der Waals surface area contributed by atoms with Crippen molar-refractivity contribution in [3.8, 4) is 0 Å². The Hall–Kier alpha value is -1.69. The lowest BCUT2D eigenvalue weighted by molar-refractivity contribution is -0.119. The van der Waals surface area contributed by atoms with Gasteiger partial charge in [-0.25, -0.2) is 4.39 Å². The van der Waals surface area contributed by atoms with Crippen molar-refractivity contribution in [3.05, 3.63) is 41.8 Å². The zero-order valence-electron chi connectivity index (χ0n) is 11.3. The number of rotatable bonds is 6. The minimum atomic E-state index is -0.338. The molecule has 0 fully saturated rings. The second-order valence-electron chi connectivity index (χ2n) is 4.37. The molecule has 0 aliphatic heterocycles. The number of ketones is 1. The maximum atomic E-state index is 13.0. The summed E-state index contributed by atoms with van der Waals surface area (Å²) >= 11 is 1.42. The van der Waals surface area contributed by atoms with E-state index in [-0.39, 0.29) is 17.5 Å². The molecule has 6 heteroatoms. The first kappa shape index (κ1) is 14.7. The van der Waals surface area contributed by atoms with E-state index in [1.807, 2.05) is 13.0 Å². The average Bonchev–Trinajstić information content (AvgIpc) is 2.85. The lowest BCUT2D eigenvalue weighted by atomic mass is 10.0. The van der Waals surface area contributed by atoms with E-state index in [0.29, 0.717) is 23.9 Å². The molecule has 0 amide bonds. The monoisotopic (exact) mass is 294 g/mol. The van der Waals surface area contributed by atoms with E-state index in [2.05, 4.69) is 10.1 Å². The Morgan fingerprint density at radius 2 is 2.30 bits per heavy atom. The van der Waals surface area contributed by atoms with Crippen LogP contribution in [0.1, 0.15) is 37.9 Å². The highest BCUT2D eigenvalue weighted by atomic mass is 32.2. The Bertz CT molecular complexity index is 600. The first-order valence-corrected chi connectivity index (χ1v) is 7.30. The second-order valence-corrected chi connectivity index (χ2v) is 5.42. The van der Waals surface area contributed by atoms with Gasteiger partial charge in [-0.1, -0.05) is 18.1 Å². The fraction of sp³-hybridized carbons (Fsp3) is 0.357. The van der Waals surface area contributed by atoms with Gasteiger partial charge in [-0.15, -0.1) is 11.8 Å². The third-order valence-corrected chi connectivity index (χ3v) is 3.83.